The number of aryl methyl sites for hydroxylation is 1. The van der Waals surface area contributed by atoms with E-state index in [9.17, 15) is 14.7 Å². The van der Waals surface area contributed by atoms with Crippen molar-refractivity contribution >= 4 is 11.9 Å². The van der Waals surface area contributed by atoms with Gasteiger partial charge in [-0.05, 0) is 125 Å². The van der Waals surface area contributed by atoms with Gasteiger partial charge in [0.05, 0.1) is 43.4 Å². The van der Waals surface area contributed by atoms with Crippen molar-refractivity contribution in [1.29, 1.82) is 0 Å². The standard InChI is InChI=1S/C38H59N3O6/c1-24(2)25-12-15-38(33(44)46-19-11-9-10-18-41-23-39-22-40-41)17-16-35(5)26(31(25)38)20-27(42)32-36(35,6)14-13-28-34(3,4)47-29(37(28,32)7)21-30(43)45-8/h22-23,25-29,31-32,42H,1,9-21H2,2-8H3/t25-,26+,27+,28?,29?,31+,32-,35+,36+,37+,38-/m0/s1. The lowest BCUT2D eigenvalue weighted by molar-refractivity contribution is -0.255. The van der Waals surface area contributed by atoms with Crippen molar-refractivity contribution in [3.05, 3.63) is 24.8 Å². The van der Waals surface area contributed by atoms with Gasteiger partial charge in [-0.2, -0.15) is 5.10 Å². The quantitative estimate of drug-likeness (QED) is 0.172. The minimum absolute atomic E-state index is 0.0342. The summed E-state index contributed by atoms with van der Waals surface area (Å²) in [5, 5.41) is 16.6. The van der Waals surface area contributed by atoms with Crippen LogP contribution in [0, 0.1) is 51.2 Å². The number of carbonyl (C=O) groups is 2. The first kappa shape index (κ1) is 34.6. The van der Waals surface area contributed by atoms with Crippen LogP contribution in [0.1, 0.15) is 112 Å². The maximum atomic E-state index is 14.3. The summed E-state index contributed by atoms with van der Waals surface area (Å²) < 4.78 is 19.9. The second kappa shape index (κ2) is 12.3. The Morgan fingerprint density at radius 3 is 2.49 bits per heavy atom. The lowest BCUT2D eigenvalue weighted by Gasteiger charge is -2.71. The molecule has 1 saturated heterocycles. The number of nitrogens with zero attached hydrogens (tertiary/aromatic N) is 3. The molecular weight excluding hydrogens is 594 g/mol. The molecule has 9 nitrogen and oxygen atoms in total. The minimum Gasteiger partial charge on any atom is -0.469 e. The first-order chi connectivity index (χ1) is 22.2. The van der Waals surface area contributed by atoms with E-state index in [1.54, 1.807) is 12.7 Å². The zero-order valence-corrected chi connectivity index (χ0v) is 29.9. The molecule has 2 unspecified atom stereocenters. The molecule has 0 bridgehead atoms. The molecule has 2 heterocycles. The van der Waals surface area contributed by atoms with E-state index in [1.807, 2.05) is 4.68 Å². The Bertz CT molecular complexity index is 1350. The molecule has 0 aromatic carbocycles. The Morgan fingerprint density at radius 2 is 1.81 bits per heavy atom. The largest absolute Gasteiger partial charge is 0.469 e. The lowest BCUT2D eigenvalue weighted by Crippen LogP contribution is -2.69. The molecule has 4 saturated carbocycles. The van der Waals surface area contributed by atoms with Crippen molar-refractivity contribution in [2.45, 2.75) is 137 Å². The number of aliphatic hydroxyl groups is 1. The average molecular weight is 654 g/mol. The molecule has 0 amide bonds. The number of aliphatic hydroxyl groups excluding tert-OH is 1. The van der Waals surface area contributed by atoms with Crippen molar-refractivity contribution < 1.29 is 28.9 Å². The van der Waals surface area contributed by atoms with Gasteiger partial charge in [0.15, 0.2) is 0 Å². The smallest absolute Gasteiger partial charge is 0.312 e. The van der Waals surface area contributed by atoms with Gasteiger partial charge in [-0.15, -0.1) is 0 Å². The molecule has 1 N–H and O–H groups in total. The summed E-state index contributed by atoms with van der Waals surface area (Å²) in [5.74, 6) is 0.385. The number of esters is 2. The van der Waals surface area contributed by atoms with E-state index in [0.717, 1.165) is 69.9 Å². The highest BCUT2D eigenvalue weighted by molar-refractivity contribution is 5.78. The Kier molecular flexibility index (Phi) is 9.02. The molecule has 11 atom stereocenters. The Labute approximate surface area is 281 Å². The third-order valence-corrected chi connectivity index (χ3v) is 14.9. The lowest BCUT2D eigenvalue weighted by atomic mass is 9.33. The maximum absolute atomic E-state index is 14.3. The number of unbranched alkanes of at least 4 members (excludes halogenated alkanes) is 2. The predicted molar refractivity (Wildman–Crippen MR) is 178 cm³/mol. The molecule has 0 radical (unpaired) electrons. The molecule has 1 aliphatic heterocycles. The minimum atomic E-state index is -0.563. The topological polar surface area (TPSA) is 113 Å². The SMILES string of the molecule is C=C(C)[C@@H]1CC[C@]2(C(=O)OCCCCCn3cncn3)CC[C@]3(C)[C@H](C[C@@H](O)[C@@H]4[C@@]5(C)C(CC(=O)OC)OC(C)(C)C5CC[C@]43C)[C@@H]12. The number of rotatable bonds is 10. The zero-order valence-electron chi connectivity index (χ0n) is 29.9. The van der Waals surface area contributed by atoms with Crippen LogP contribution in [0.5, 0.6) is 0 Å². The summed E-state index contributed by atoms with van der Waals surface area (Å²) in [6.45, 7) is 19.3. The molecule has 6 rings (SSSR count). The van der Waals surface area contributed by atoms with Crippen molar-refractivity contribution in [3.8, 4) is 0 Å². The summed E-state index contributed by atoms with van der Waals surface area (Å²) in [7, 11) is 1.44. The highest BCUT2D eigenvalue weighted by Gasteiger charge is 2.76. The second-order valence-corrected chi connectivity index (χ2v) is 17.2. The van der Waals surface area contributed by atoms with E-state index >= 15 is 0 Å². The summed E-state index contributed by atoms with van der Waals surface area (Å²) in [6, 6.07) is 0. The monoisotopic (exact) mass is 653 g/mol. The molecule has 1 aromatic rings. The van der Waals surface area contributed by atoms with Crippen molar-refractivity contribution in [1.82, 2.24) is 14.8 Å². The van der Waals surface area contributed by atoms with E-state index in [-0.39, 0.29) is 70.3 Å². The summed E-state index contributed by atoms with van der Waals surface area (Å²) in [4.78, 5) is 30.9. The molecule has 47 heavy (non-hydrogen) atoms. The number of allylic oxidation sites excluding steroid dienone is 1. The Morgan fingerprint density at radius 1 is 1.04 bits per heavy atom. The van der Waals surface area contributed by atoms with Gasteiger partial charge in [0, 0.05) is 12.0 Å². The number of ether oxygens (including phenoxy) is 3. The summed E-state index contributed by atoms with van der Waals surface area (Å²) >= 11 is 0. The van der Waals surface area contributed by atoms with Gasteiger partial charge in [-0.3, -0.25) is 14.3 Å². The molecule has 5 aliphatic rings. The van der Waals surface area contributed by atoms with Gasteiger partial charge in [-0.25, -0.2) is 4.98 Å². The highest BCUT2D eigenvalue weighted by Crippen LogP contribution is 2.77. The van der Waals surface area contributed by atoms with E-state index in [1.165, 1.54) is 7.11 Å². The van der Waals surface area contributed by atoms with Gasteiger partial charge >= 0.3 is 11.9 Å². The molecule has 0 spiro atoms. The van der Waals surface area contributed by atoms with Gasteiger partial charge in [0.2, 0.25) is 0 Å². The van der Waals surface area contributed by atoms with Gasteiger partial charge < -0.3 is 19.3 Å². The zero-order chi connectivity index (χ0) is 34.0. The summed E-state index contributed by atoms with van der Waals surface area (Å²) in [5.41, 5.74) is -0.469. The predicted octanol–water partition coefficient (Wildman–Crippen LogP) is 6.54. The number of hydrogen-bond acceptors (Lipinski definition) is 8. The normalized spacial score (nSPS) is 43.3. The van der Waals surface area contributed by atoms with Crippen LogP contribution in [-0.2, 0) is 30.3 Å². The number of aromatic nitrogens is 3. The average Bonchev–Trinajstić information content (AvgIpc) is 3.72. The Hall–Kier alpha value is -2.26. The van der Waals surface area contributed by atoms with Crippen LogP contribution in [0.3, 0.4) is 0 Å². The molecule has 9 heteroatoms. The summed E-state index contributed by atoms with van der Waals surface area (Å²) in [6.07, 6.45) is 11.5. The van der Waals surface area contributed by atoms with E-state index in [4.69, 9.17) is 14.2 Å². The fourth-order valence-electron chi connectivity index (χ4n) is 12.7. The molecule has 262 valence electrons. The maximum Gasteiger partial charge on any atom is 0.312 e. The van der Waals surface area contributed by atoms with Gasteiger partial charge in [0.25, 0.3) is 0 Å². The van der Waals surface area contributed by atoms with Crippen LogP contribution in [-0.4, -0.2) is 63.3 Å². The fraction of sp³-hybridized carbons (Fsp3) is 0.842. The number of carbonyl (C=O) groups excluding carboxylic acids is 2. The molecule has 5 fully saturated rings. The van der Waals surface area contributed by atoms with E-state index in [2.05, 4.69) is 58.2 Å². The van der Waals surface area contributed by atoms with Crippen molar-refractivity contribution in [3.63, 3.8) is 0 Å². The van der Waals surface area contributed by atoms with E-state index in [0.29, 0.717) is 13.0 Å². The highest BCUT2D eigenvalue weighted by atomic mass is 16.5. The first-order valence-electron chi connectivity index (χ1n) is 18.2. The second-order valence-electron chi connectivity index (χ2n) is 17.2. The van der Waals surface area contributed by atoms with Crippen molar-refractivity contribution in [2.24, 2.45) is 51.2 Å². The van der Waals surface area contributed by atoms with E-state index < -0.39 is 17.1 Å². The van der Waals surface area contributed by atoms with Crippen LogP contribution in [0.15, 0.2) is 24.8 Å². The van der Waals surface area contributed by atoms with Crippen LogP contribution < -0.4 is 0 Å². The van der Waals surface area contributed by atoms with Crippen LogP contribution >= 0.6 is 0 Å². The fourth-order valence-corrected chi connectivity index (χ4v) is 12.7. The number of fused-ring (bicyclic) bond motifs is 7. The number of hydrogen-bond donors (Lipinski definition) is 1. The molecule has 1 aromatic heterocycles. The third-order valence-electron chi connectivity index (χ3n) is 14.9. The van der Waals surface area contributed by atoms with Crippen LogP contribution in [0.4, 0.5) is 0 Å². The molecule has 4 aliphatic carbocycles. The Balaban J connectivity index is 1.26. The van der Waals surface area contributed by atoms with Crippen LogP contribution in [0.25, 0.3) is 0 Å². The van der Waals surface area contributed by atoms with Gasteiger partial charge in [-0.1, -0.05) is 32.9 Å². The van der Waals surface area contributed by atoms with Crippen molar-refractivity contribution in [2.75, 3.05) is 13.7 Å². The number of methoxy groups -OCH3 is 1. The first-order valence-corrected chi connectivity index (χ1v) is 18.2. The van der Waals surface area contributed by atoms with Gasteiger partial charge in [0.1, 0.15) is 12.7 Å². The molecular formula is C38H59N3O6. The third kappa shape index (κ3) is 5.23. The van der Waals surface area contributed by atoms with Crippen LogP contribution in [0.2, 0.25) is 0 Å².